The highest BCUT2D eigenvalue weighted by Crippen LogP contribution is 2.30. The van der Waals surface area contributed by atoms with Crippen molar-refractivity contribution in [3.05, 3.63) is 23.8 Å². The molecule has 0 unspecified atom stereocenters. The number of hydrogen-bond acceptors (Lipinski definition) is 5. The Morgan fingerprint density at radius 3 is 2.48 bits per heavy atom. The number of benzene rings is 1. The van der Waals surface area contributed by atoms with Crippen LogP contribution in [0.3, 0.4) is 0 Å². The summed E-state index contributed by atoms with van der Waals surface area (Å²) in [6.45, 7) is 8.72. The fraction of sp³-hybridized carbons (Fsp3) is 0.556. The van der Waals surface area contributed by atoms with Gasteiger partial charge >= 0.3 is 6.03 Å². The smallest absolute Gasteiger partial charge is 0.321 e. The molecule has 3 amide bonds. The molecule has 0 radical (unpaired) electrons. The van der Waals surface area contributed by atoms with E-state index >= 15 is 0 Å². The predicted octanol–water partition coefficient (Wildman–Crippen LogP) is 1.31. The summed E-state index contributed by atoms with van der Waals surface area (Å²) in [6, 6.07) is 4.42. The molecular weight excluding hydrogens is 368 g/mol. The molecule has 0 aliphatic carbocycles. The molecule has 1 aromatic rings. The molecule has 0 saturated carbocycles. The molecule has 1 aliphatic heterocycles. The van der Waals surface area contributed by atoms with Crippen molar-refractivity contribution >= 4 is 27.6 Å². The van der Waals surface area contributed by atoms with Crippen molar-refractivity contribution in [1.29, 1.82) is 0 Å². The Morgan fingerprint density at radius 2 is 1.89 bits per heavy atom. The number of carbonyl (C=O) groups is 2. The van der Waals surface area contributed by atoms with Crippen LogP contribution >= 0.6 is 0 Å². The van der Waals surface area contributed by atoms with Gasteiger partial charge in [0.15, 0.2) is 0 Å². The monoisotopic (exact) mass is 396 g/mol. The highest BCUT2D eigenvalue weighted by atomic mass is 32.2. The lowest BCUT2D eigenvalue weighted by atomic mass is 10.2. The number of anilines is 1. The first-order chi connectivity index (χ1) is 12.7. The van der Waals surface area contributed by atoms with Gasteiger partial charge in [0.25, 0.3) is 0 Å². The van der Waals surface area contributed by atoms with Crippen LogP contribution in [0, 0.1) is 0 Å². The Morgan fingerprint density at radius 1 is 1.22 bits per heavy atom. The number of rotatable bonds is 7. The molecule has 1 aliphatic rings. The first-order valence-electron chi connectivity index (χ1n) is 9.17. The van der Waals surface area contributed by atoms with E-state index in [1.54, 1.807) is 18.2 Å². The minimum atomic E-state index is -3.51. The summed E-state index contributed by atoms with van der Waals surface area (Å²) >= 11 is 0. The first kappa shape index (κ1) is 21.2. The third-order valence-corrected chi connectivity index (χ3v) is 6.44. The van der Waals surface area contributed by atoms with Crippen LogP contribution in [0.2, 0.25) is 0 Å². The molecule has 2 rings (SSSR count). The minimum Gasteiger partial charge on any atom is -0.362 e. The Bertz CT molecular complexity index is 804. The van der Waals surface area contributed by atoms with Crippen molar-refractivity contribution in [3.8, 4) is 0 Å². The van der Waals surface area contributed by atoms with Crippen LogP contribution in [-0.4, -0.2) is 56.9 Å². The molecule has 0 aromatic heterocycles. The maximum atomic E-state index is 12.7. The van der Waals surface area contributed by atoms with Crippen LogP contribution in [0.15, 0.2) is 23.1 Å². The lowest BCUT2D eigenvalue weighted by Gasteiger charge is -2.21. The average Bonchev–Trinajstić information content (AvgIpc) is 2.97. The summed E-state index contributed by atoms with van der Waals surface area (Å²) in [7, 11) is -3.51. The summed E-state index contributed by atoms with van der Waals surface area (Å²) in [4.78, 5) is 25.8. The minimum absolute atomic E-state index is 0.0423. The number of sulfonamides is 1. The number of nitrogens with one attached hydrogen (secondary N) is 2. The second-order valence-corrected chi connectivity index (χ2v) is 8.67. The van der Waals surface area contributed by atoms with Crippen LogP contribution < -0.4 is 15.5 Å². The molecule has 0 atom stereocenters. The Labute approximate surface area is 161 Å². The van der Waals surface area contributed by atoms with Crippen molar-refractivity contribution in [2.75, 3.05) is 31.1 Å². The zero-order valence-electron chi connectivity index (χ0n) is 16.3. The van der Waals surface area contributed by atoms with Gasteiger partial charge in [-0.25, -0.2) is 13.2 Å². The number of hydrogen-bond donors (Lipinski definition) is 2. The van der Waals surface area contributed by atoms with Crippen molar-refractivity contribution in [1.82, 2.24) is 14.9 Å². The van der Waals surface area contributed by atoms with Crippen molar-refractivity contribution in [2.45, 2.75) is 45.1 Å². The zero-order chi connectivity index (χ0) is 20.2. The molecule has 150 valence electrons. The third-order valence-electron chi connectivity index (χ3n) is 4.39. The second-order valence-electron chi connectivity index (χ2n) is 6.73. The number of amides is 3. The van der Waals surface area contributed by atoms with Gasteiger partial charge in [-0.3, -0.25) is 10.1 Å². The summed E-state index contributed by atoms with van der Waals surface area (Å²) in [5.41, 5.74) is 1.72. The summed E-state index contributed by atoms with van der Waals surface area (Å²) in [5, 5.41) is 4.90. The van der Waals surface area contributed by atoms with E-state index in [2.05, 4.69) is 10.6 Å². The van der Waals surface area contributed by atoms with Gasteiger partial charge in [0, 0.05) is 31.4 Å². The Hall–Kier alpha value is -2.13. The number of imide groups is 1. The maximum Gasteiger partial charge on any atom is 0.321 e. The van der Waals surface area contributed by atoms with Gasteiger partial charge in [-0.15, -0.1) is 0 Å². The van der Waals surface area contributed by atoms with Gasteiger partial charge in [0.05, 0.1) is 11.4 Å². The highest BCUT2D eigenvalue weighted by molar-refractivity contribution is 7.89. The van der Waals surface area contributed by atoms with Crippen LogP contribution in [-0.2, 0) is 21.2 Å². The molecular formula is C18H28N4O4S. The normalized spacial score (nSPS) is 13.8. The lowest BCUT2D eigenvalue weighted by molar-refractivity contribution is -0.118. The van der Waals surface area contributed by atoms with Crippen molar-refractivity contribution in [3.63, 3.8) is 0 Å². The van der Waals surface area contributed by atoms with Gasteiger partial charge in [-0.05, 0) is 44.0 Å². The molecule has 27 heavy (non-hydrogen) atoms. The number of nitrogens with zero attached hydrogens (tertiary/aromatic N) is 2. The lowest BCUT2D eigenvalue weighted by Crippen LogP contribution is -2.46. The maximum absolute atomic E-state index is 12.7. The fourth-order valence-corrected chi connectivity index (χ4v) is 4.63. The SMILES string of the molecule is CCN(CC)S(=O)(=O)c1ccc2c(c1)CCN2CC(=O)NC(=O)NC(C)C. The van der Waals surface area contributed by atoms with E-state index in [-0.39, 0.29) is 17.5 Å². The standard InChI is InChI=1S/C18H28N4O4S/c1-5-22(6-2)27(25,26)15-7-8-16-14(11-15)9-10-21(16)12-17(23)20-18(24)19-13(3)4/h7-8,11,13H,5-6,9-10,12H2,1-4H3,(H2,19,20,23,24). The van der Waals surface area contributed by atoms with Crippen LogP contribution in [0.25, 0.3) is 0 Å². The van der Waals surface area contributed by atoms with E-state index in [0.29, 0.717) is 26.1 Å². The largest absolute Gasteiger partial charge is 0.362 e. The van der Waals surface area contributed by atoms with Crippen LogP contribution in [0.1, 0.15) is 33.3 Å². The molecule has 9 heteroatoms. The number of urea groups is 1. The topological polar surface area (TPSA) is 98.8 Å². The van der Waals surface area contributed by atoms with E-state index < -0.39 is 22.0 Å². The quantitative estimate of drug-likeness (QED) is 0.724. The summed E-state index contributed by atoms with van der Waals surface area (Å²) in [6.07, 6.45) is 0.655. The van der Waals surface area contributed by atoms with Gasteiger partial charge in [0.2, 0.25) is 15.9 Å². The fourth-order valence-electron chi connectivity index (χ4n) is 3.12. The van der Waals surface area contributed by atoms with Gasteiger partial charge in [0.1, 0.15) is 0 Å². The van der Waals surface area contributed by atoms with Crippen molar-refractivity contribution in [2.24, 2.45) is 0 Å². The first-order valence-corrected chi connectivity index (χ1v) is 10.6. The van der Waals surface area contributed by atoms with Crippen LogP contribution in [0.5, 0.6) is 0 Å². The highest BCUT2D eigenvalue weighted by Gasteiger charge is 2.26. The third kappa shape index (κ3) is 4.98. The van der Waals surface area contributed by atoms with Gasteiger partial charge in [-0.1, -0.05) is 13.8 Å². The summed E-state index contributed by atoms with van der Waals surface area (Å²) in [5.74, 6) is -0.402. The Kier molecular flexibility index (Phi) is 6.83. The molecule has 0 spiro atoms. The van der Waals surface area contributed by atoms with E-state index in [4.69, 9.17) is 0 Å². The zero-order valence-corrected chi connectivity index (χ0v) is 17.1. The molecule has 0 bridgehead atoms. The molecule has 1 heterocycles. The van der Waals surface area contributed by atoms with E-state index in [1.165, 1.54) is 4.31 Å². The van der Waals surface area contributed by atoms with Gasteiger partial charge < -0.3 is 10.2 Å². The van der Waals surface area contributed by atoms with Crippen molar-refractivity contribution < 1.29 is 18.0 Å². The second kappa shape index (κ2) is 8.71. The molecule has 1 aromatic carbocycles. The van der Waals surface area contributed by atoms with Gasteiger partial charge in [-0.2, -0.15) is 4.31 Å². The number of fused-ring (bicyclic) bond motifs is 1. The van der Waals surface area contributed by atoms with E-state index in [0.717, 1.165) is 11.3 Å². The van der Waals surface area contributed by atoms with E-state index in [9.17, 15) is 18.0 Å². The summed E-state index contributed by atoms with van der Waals surface area (Å²) < 4.78 is 26.8. The predicted molar refractivity (Wildman–Crippen MR) is 104 cm³/mol. The average molecular weight is 397 g/mol. The molecule has 0 saturated heterocycles. The molecule has 2 N–H and O–H groups in total. The molecule has 0 fully saturated rings. The molecule has 8 nitrogen and oxygen atoms in total. The van der Waals surface area contributed by atoms with Crippen LogP contribution in [0.4, 0.5) is 10.5 Å². The van der Waals surface area contributed by atoms with E-state index in [1.807, 2.05) is 32.6 Å². The number of carbonyl (C=O) groups excluding carboxylic acids is 2. The Balaban J connectivity index is 2.10.